The van der Waals surface area contributed by atoms with Gasteiger partial charge in [-0.15, -0.1) is 0 Å². The average molecular weight is 432 g/mol. The lowest BCUT2D eigenvalue weighted by molar-refractivity contribution is 0.0110. The second-order valence-corrected chi connectivity index (χ2v) is 7.88. The fraction of sp³-hybridized carbons (Fsp3) is 0.304. The summed E-state index contributed by atoms with van der Waals surface area (Å²) in [4.78, 5) is 12.9. The van der Waals surface area contributed by atoms with Gasteiger partial charge in [-0.2, -0.15) is 5.10 Å². The Morgan fingerprint density at radius 2 is 2.06 bits per heavy atom. The number of hydrogen-bond acceptors (Lipinski definition) is 8. The maximum Gasteiger partial charge on any atom is 0.154 e. The molecule has 4 aromatic rings. The van der Waals surface area contributed by atoms with E-state index in [1.807, 2.05) is 44.3 Å². The maximum absolute atomic E-state index is 9.99. The van der Waals surface area contributed by atoms with Crippen LogP contribution in [0.3, 0.4) is 0 Å². The van der Waals surface area contributed by atoms with Crippen LogP contribution in [0.1, 0.15) is 17.8 Å². The molecule has 0 saturated carbocycles. The number of aliphatic hydroxyl groups is 1. The monoisotopic (exact) mass is 432 g/mol. The molecule has 1 aliphatic heterocycles. The van der Waals surface area contributed by atoms with Crippen LogP contribution >= 0.6 is 0 Å². The van der Waals surface area contributed by atoms with Crippen LogP contribution in [-0.4, -0.2) is 55.1 Å². The lowest BCUT2D eigenvalue weighted by Crippen LogP contribution is -2.28. The molecule has 32 heavy (non-hydrogen) atoms. The van der Waals surface area contributed by atoms with Crippen molar-refractivity contribution >= 4 is 17.2 Å². The standard InChI is InChI=1S/C23H24N6O3/c1-14-7-18(20(11-25-14)32-13-21-19(30)4-6-31-21)16-3-5-29-17(8-16)9-22(28-29)27-23-12-24-10-15(2)26-23/h3,5,7-12,19,21,30H,4,6,13H2,1-2H3,(H,26,27,28)/t19-,21+/m0/s1. The number of hydrogen-bond donors (Lipinski definition) is 2. The molecule has 1 aliphatic rings. The minimum absolute atomic E-state index is 0.277. The van der Waals surface area contributed by atoms with Crippen molar-refractivity contribution in [1.82, 2.24) is 24.6 Å². The van der Waals surface area contributed by atoms with Crippen LogP contribution in [0.2, 0.25) is 0 Å². The van der Waals surface area contributed by atoms with E-state index in [0.717, 1.165) is 28.0 Å². The van der Waals surface area contributed by atoms with Gasteiger partial charge in [0.25, 0.3) is 0 Å². The number of pyridine rings is 2. The van der Waals surface area contributed by atoms with E-state index in [4.69, 9.17) is 9.47 Å². The highest BCUT2D eigenvalue weighted by Gasteiger charge is 2.27. The molecule has 0 radical (unpaired) electrons. The first-order valence-electron chi connectivity index (χ1n) is 10.5. The van der Waals surface area contributed by atoms with Crippen molar-refractivity contribution in [3.63, 3.8) is 0 Å². The van der Waals surface area contributed by atoms with Crippen LogP contribution in [0.5, 0.6) is 5.75 Å². The van der Waals surface area contributed by atoms with Crippen molar-refractivity contribution in [2.75, 3.05) is 18.5 Å². The minimum Gasteiger partial charge on any atom is -0.489 e. The fourth-order valence-electron chi connectivity index (χ4n) is 3.73. The van der Waals surface area contributed by atoms with E-state index in [2.05, 4.69) is 25.4 Å². The Balaban J connectivity index is 1.42. The molecule has 0 spiro atoms. The highest BCUT2D eigenvalue weighted by atomic mass is 16.5. The minimum atomic E-state index is -0.496. The summed E-state index contributed by atoms with van der Waals surface area (Å²) in [5.74, 6) is 1.97. The van der Waals surface area contributed by atoms with E-state index >= 15 is 0 Å². The molecule has 0 bridgehead atoms. The third-order valence-electron chi connectivity index (χ3n) is 5.37. The second kappa shape index (κ2) is 8.52. The summed E-state index contributed by atoms with van der Waals surface area (Å²) in [7, 11) is 0. The molecule has 1 fully saturated rings. The number of rotatable bonds is 6. The van der Waals surface area contributed by atoms with E-state index in [0.29, 0.717) is 30.4 Å². The van der Waals surface area contributed by atoms with Crippen molar-refractivity contribution in [2.24, 2.45) is 0 Å². The van der Waals surface area contributed by atoms with Crippen LogP contribution in [0.15, 0.2) is 49.1 Å². The molecule has 2 N–H and O–H groups in total. The van der Waals surface area contributed by atoms with E-state index in [-0.39, 0.29) is 12.7 Å². The third-order valence-corrected chi connectivity index (χ3v) is 5.37. The van der Waals surface area contributed by atoms with Crippen molar-refractivity contribution < 1.29 is 14.6 Å². The number of ether oxygens (including phenoxy) is 2. The van der Waals surface area contributed by atoms with Gasteiger partial charge in [0.15, 0.2) is 5.82 Å². The Morgan fingerprint density at radius 1 is 1.16 bits per heavy atom. The molecule has 0 amide bonds. The number of nitrogens with one attached hydrogen (secondary N) is 1. The average Bonchev–Trinajstić information content (AvgIpc) is 3.37. The summed E-state index contributed by atoms with van der Waals surface area (Å²) in [6.07, 6.45) is 6.81. The van der Waals surface area contributed by atoms with Gasteiger partial charge in [0.1, 0.15) is 24.3 Å². The molecule has 0 aromatic carbocycles. The Morgan fingerprint density at radius 3 is 2.88 bits per heavy atom. The zero-order valence-electron chi connectivity index (χ0n) is 17.9. The number of fused-ring (bicyclic) bond motifs is 1. The van der Waals surface area contributed by atoms with Crippen LogP contribution < -0.4 is 10.1 Å². The smallest absolute Gasteiger partial charge is 0.154 e. The molecule has 5 rings (SSSR count). The highest BCUT2D eigenvalue weighted by Crippen LogP contribution is 2.32. The molecule has 0 unspecified atom stereocenters. The van der Waals surface area contributed by atoms with Crippen molar-refractivity contribution in [1.29, 1.82) is 0 Å². The molecule has 5 heterocycles. The molecule has 4 aromatic heterocycles. The first-order valence-corrected chi connectivity index (χ1v) is 10.5. The largest absolute Gasteiger partial charge is 0.489 e. The van der Waals surface area contributed by atoms with Gasteiger partial charge in [0.05, 0.1) is 29.7 Å². The molecule has 0 aliphatic carbocycles. The lowest BCUT2D eigenvalue weighted by atomic mass is 10.1. The van der Waals surface area contributed by atoms with Gasteiger partial charge in [-0.1, -0.05) is 0 Å². The zero-order valence-corrected chi connectivity index (χ0v) is 17.9. The summed E-state index contributed by atoms with van der Waals surface area (Å²) >= 11 is 0. The van der Waals surface area contributed by atoms with E-state index in [1.165, 1.54) is 0 Å². The third kappa shape index (κ3) is 4.25. The SMILES string of the molecule is Cc1cc(-c2ccn3nc(Nc4cncc(C)n4)cc3c2)c(OC[C@H]2OCC[C@@H]2O)cn1. The predicted octanol–water partition coefficient (Wildman–Crippen LogP) is 3.08. The second-order valence-electron chi connectivity index (χ2n) is 7.88. The van der Waals surface area contributed by atoms with Gasteiger partial charge in [-0.05, 0) is 44.0 Å². The van der Waals surface area contributed by atoms with Crippen LogP contribution in [0, 0.1) is 13.8 Å². The number of aliphatic hydroxyl groups excluding tert-OH is 1. The number of aryl methyl sites for hydroxylation is 2. The summed E-state index contributed by atoms with van der Waals surface area (Å²) in [5, 5.41) is 17.7. The van der Waals surface area contributed by atoms with E-state index in [9.17, 15) is 5.11 Å². The molecule has 1 saturated heterocycles. The molecule has 164 valence electrons. The quantitative estimate of drug-likeness (QED) is 0.479. The Hall–Kier alpha value is -3.56. The Kier molecular flexibility index (Phi) is 5.42. The number of anilines is 2. The Labute approximate surface area is 185 Å². The van der Waals surface area contributed by atoms with E-state index in [1.54, 1.807) is 23.1 Å². The number of aromatic nitrogens is 5. The van der Waals surface area contributed by atoms with Gasteiger partial charge in [-0.25, -0.2) is 9.50 Å². The van der Waals surface area contributed by atoms with Crippen LogP contribution in [-0.2, 0) is 4.74 Å². The first-order chi connectivity index (χ1) is 15.5. The van der Waals surface area contributed by atoms with Crippen molar-refractivity contribution in [3.8, 4) is 16.9 Å². The van der Waals surface area contributed by atoms with Gasteiger partial charge in [0.2, 0.25) is 0 Å². The summed E-state index contributed by atoms with van der Waals surface area (Å²) in [6.45, 7) is 4.67. The first kappa shape index (κ1) is 20.3. The fourth-order valence-corrected chi connectivity index (χ4v) is 3.73. The number of nitrogens with zero attached hydrogens (tertiary/aromatic N) is 5. The normalized spacial score (nSPS) is 18.2. The van der Waals surface area contributed by atoms with Crippen molar-refractivity contribution in [2.45, 2.75) is 32.5 Å². The lowest BCUT2D eigenvalue weighted by Gasteiger charge is -2.17. The Bertz CT molecular complexity index is 1260. The van der Waals surface area contributed by atoms with Gasteiger partial charge in [0, 0.05) is 36.3 Å². The molecule has 2 atom stereocenters. The summed E-state index contributed by atoms with van der Waals surface area (Å²) in [5.41, 5.74) is 4.54. The molecular weight excluding hydrogens is 408 g/mol. The molecule has 9 nitrogen and oxygen atoms in total. The van der Waals surface area contributed by atoms with Crippen molar-refractivity contribution in [3.05, 3.63) is 60.4 Å². The maximum atomic E-state index is 9.99. The highest BCUT2D eigenvalue weighted by molar-refractivity contribution is 5.75. The van der Waals surface area contributed by atoms with Crippen LogP contribution in [0.4, 0.5) is 11.6 Å². The molecular formula is C23H24N6O3. The molecule has 9 heteroatoms. The van der Waals surface area contributed by atoms with Gasteiger partial charge >= 0.3 is 0 Å². The topological polar surface area (TPSA) is 107 Å². The zero-order chi connectivity index (χ0) is 22.1. The van der Waals surface area contributed by atoms with Gasteiger partial charge < -0.3 is 19.9 Å². The summed E-state index contributed by atoms with van der Waals surface area (Å²) in [6, 6.07) is 7.97. The van der Waals surface area contributed by atoms with Crippen LogP contribution in [0.25, 0.3) is 16.6 Å². The predicted molar refractivity (Wildman–Crippen MR) is 119 cm³/mol. The van der Waals surface area contributed by atoms with E-state index < -0.39 is 6.10 Å². The van der Waals surface area contributed by atoms with Gasteiger partial charge in [-0.3, -0.25) is 9.97 Å². The summed E-state index contributed by atoms with van der Waals surface area (Å²) < 4.78 is 13.4.